The minimum Gasteiger partial charge on any atom is -0.454 e. The van der Waals surface area contributed by atoms with Gasteiger partial charge in [-0.2, -0.15) is 0 Å². The van der Waals surface area contributed by atoms with Gasteiger partial charge in [-0.3, -0.25) is 4.90 Å². The molecule has 4 atom stereocenters. The SMILES string of the molecule is C[N+]1(C2CCCC=N2)CCCC1CN(Cc1ccc2c(c1)OCO2)CC1CCCNC1. The number of rotatable bonds is 7. The molecule has 0 bridgehead atoms. The van der Waals surface area contributed by atoms with Crippen LogP contribution in [0.4, 0.5) is 0 Å². The average molecular weight is 428 g/mol. The Morgan fingerprint density at radius 3 is 2.87 bits per heavy atom. The van der Waals surface area contributed by atoms with Crippen LogP contribution in [0.15, 0.2) is 23.2 Å². The van der Waals surface area contributed by atoms with Gasteiger partial charge in [0, 0.05) is 38.6 Å². The normalized spacial score (nSPS) is 32.6. The summed E-state index contributed by atoms with van der Waals surface area (Å²) in [6.07, 6.45) is 11.6. The molecular weight excluding hydrogens is 388 g/mol. The highest BCUT2D eigenvalue weighted by molar-refractivity contribution is 5.58. The van der Waals surface area contributed by atoms with Crippen molar-refractivity contribution in [3.63, 3.8) is 0 Å². The third-order valence-electron chi connectivity index (χ3n) is 7.99. The Balaban J connectivity index is 1.32. The van der Waals surface area contributed by atoms with Crippen LogP contribution in [-0.4, -0.2) is 74.4 Å². The number of nitrogens with one attached hydrogen (secondary N) is 1. The number of piperidine rings is 1. The maximum absolute atomic E-state index is 5.65. The minimum atomic E-state index is 0.343. The van der Waals surface area contributed by atoms with E-state index >= 15 is 0 Å². The van der Waals surface area contributed by atoms with Crippen LogP contribution < -0.4 is 14.8 Å². The van der Waals surface area contributed by atoms with E-state index in [1.54, 1.807) is 0 Å². The zero-order valence-electron chi connectivity index (χ0n) is 19.1. The molecule has 4 heterocycles. The summed E-state index contributed by atoms with van der Waals surface area (Å²) < 4.78 is 12.3. The molecule has 31 heavy (non-hydrogen) atoms. The van der Waals surface area contributed by atoms with Crippen LogP contribution in [0.1, 0.15) is 50.5 Å². The molecule has 1 aromatic carbocycles. The van der Waals surface area contributed by atoms with E-state index in [9.17, 15) is 0 Å². The lowest BCUT2D eigenvalue weighted by atomic mass is 9.98. The maximum Gasteiger partial charge on any atom is 0.231 e. The molecule has 4 unspecified atom stereocenters. The zero-order valence-corrected chi connectivity index (χ0v) is 19.1. The fraction of sp³-hybridized carbons (Fsp3) is 0.720. The van der Waals surface area contributed by atoms with Gasteiger partial charge in [-0.05, 0) is 62.4 Å². The van der Waals surface area contributed by atoms with Crippen molar-refractivity contribution in [2.75, 3.05) is 46.6 Å². The molecule has 170 valence electrons. The predicted molar refractivity (Wildman–Crippen MR) is 124 cm³/mol. The first-order valence-electron chi connectivity index (χ1n) is 12.4. The summed E-state index contributed by atoms with van der Waals surface area (Å²) >= 11 is 0. The van der Waals surface area contributed by atoms with E-state index in [-0.39, 0.29) is 0 Å². The van der Waals surface area contributed by atoms with Gasteiger partial charge in [0.25, 0.3) is 0 Å². The van der Waals surface area contributed by atoms with Gasteiger partial charge in [0.2, 0.25) is 6.79 Å². The Kier molecular flexibility index (Phi) is 6.49. The van der Waals surface area contributed by atoms with Crippen LogP contribution in [0, 0.1) is 5.92 Å². The summed E-state index contributed by atoms with van der Waals surface area (Å²) in [7, 11) is 2.48. The van der Waals surface area contributed by atoms with E-state index in [2.05, 4.69) is 41.7 Å². The number of likely N-dealkylation sites (tertiary alicyclic amines) is 1. The molecule has 2 fully saturated rings. The van der Waals surface area contributed by atoms with Crippen molar-refractivity contribution in [2.45, 2.75) is 63.7 Å². The molecule has 0 radical (unpaired) electrons. The largest absolute Gasteiger partial charge is 0.454 e. The fourth-order valence-electron chi connectivity index (χ4n) is 6.17. The van der Waals surface area contributed by atoms with Crippen LogP contribution in [0.2, 0.25) is 0 Å². The van der Waals surface area contributed by atoms with E-state index < -0.39 is 0 Å². The molecular formula is C25H39N4O2+. The van der Waals surface area contributed by atoms with E-state index in [0.717, 1.165) is 48.0 Å². The number of benzene rings is 1. The lowest BCUT2D eigenvalue weighted by Crippen LogP contribution is -2.58. The molecule has 1 N–H and O–H groups in total. The number of nitrogens with zero attached hydrogens (tertiary/aromatic N) is 3. The van der Waals surface area contributed by atoms with E-state index in [1.807, 2.05) is 0 Å². The molecule has 6 nitrogen and oxygen atoms in total. The van der Waals surface area contributed by atoms with Crippen molar-refractivity contribution in [3.05, 3.63) is 23.8 Å². The van der Waals surface area contributed by atoms with Gasteiger partial charge < -0.3 is 19.3 Å². The monoisotopic (exact) mass is 427 g/mol. The van der Waals surface area contributed by atoms with Gasteiger partial charge in [-0.25, -0.2) is 4.99 Å². The average Bonchev–Trinajstić information content (AvgIpc) is 3.42. The maximum atomic E-state index is 5.65. The van der Waals surface area contributed by atoms with Crippen LogP contribution in [0.25, 0.3) is 0 Å². The van der Waals surface area contributed by atoms with Crippen molar-refractivity contribution in [1.29, 1.82) is 0 Å². The third-order valence-corrected chi connectivity index (χ3v) is 7.99. The molecule has 0 aromatic heterocycles. The Morgan fingerprint density at radius 1 is 1.10 bits per heavy atom. The molecule has 0 aliphatic carbocycles. The number of hydrogen-bond acceptors (Lipinski definition) is 5. The quantitative estimate of drug-likeness (QED) is 0.678. The van der Waals surface area contributed by atoms with Gasteiger partial charge in [0.15, 0.2) is 17.7 Å². The number of ether oxygens (including phenoxy) is 2. The summed E-state index contributed by atoms with van der Waals surface area (Å²) in [4.78, 5) is 7.70. The van der Waals surface area contributed by atoms with E-state index in [1.165, 1.54) is 63.7 Å². The standard InChI is InChI=1S/C25H39N4O2/c1-29(25-8-2-3-12-27-25)13-5-7-22(29)18-28(17-21-6-4-11-26-15-21)16-20-9-10-23-24(14-20)31-19-30-23/h9-10,12,14,21-22,25-26H,2-8,11,13,15-19H2,1H3/q+1. The summed E-state index contributed by atoms with van der Waals surface area (Å²) in [6.45, 7) is 7.26. The lowest BCUT2D eigenvalue weighted by molar-refractivity contribution is -0.943. The van der Waals surface area contributed by atoms with Crippen LogP contribution >= 0.6 is 0 Å². The smallest absolute Gasteiger partial charge is 0.231 e. The van der Waals surface area contributed by atoms with Crippen LogP contribution in [0.3, 0.4) is 0 Å². The van der Waals surface area contributed by atoms with Gasteiger partial charge in [0.1, 0.15) is 6.04 Å². The summed E-state index contributed by atoms with van der Waals surface area (Å²) in [5, 5.41) is 3.61. The number of likely N-dealkylation sites (N-methyl/N-ethyl adjacent to an activating group) is 1. The number of quaternary nitrogens is 1. The Hall–Kier alpha value is -1.63. The fourth-order valence-corrected chi connectivity index (χ4v) is 6.17. The van der Waals surface area contributed by atoms with Gasteiger partial charge in [0.05, 0.1) is 20.1 Å². The molecule has 0 spiro atoms. The van der Waals surface area contributed by atoms with Crippen LogP contribution in [-0.2, 0) is 6.54 Å². The zero-order chi connectivity index (χ0) is 21.1. The Labute approximate surface area is 187 Å². The summed E-state index contributed by atoms with van der Waals surface area (Å²) in [5.41, 5.74) is 1.33. The van der Waals surface area contributed by atoms with E-state index in [0.29, 0.717) is 19.0 Å². The molecule has 0 saturated carbocycles. The molecule has 0 amide bonds. The molecule has 6 heteroatoms. The first kappa shape index (κ1) is 21.2. The second-order valence-corrected chi connectivity index (χ2v) is 10.2. The number of aliphatic imine (C=N–C) groups is 1. The van der Waals surface area contributed by atoms with Crippen molar-refractivity contribution in [3.8, 4) is 11.5 Å². The highest BCUT2D eigenvalue weighted by Crippen LogP contribution is 2.35. The van der Waals surface area contributed by atoms with Gasteiger partial charge >= 0.3 is 0 Å². The summed E-state index contributed by atoms with van der Waals surface area (Å²) in [5.74, 6) is 2.52. The molecule has 2 saturated heterocycles. The molecule has 4 aliphatic rings. The van der Waals surface area contributed by atoms with Crippen molar-refractivity contribution < 1.29 is 14.0 Å². The third kappa shape index (κ3) is 4.76. The first-order valence-corrected chi connectivity index (χ1v) is 12.4. The molecule has 4 aliphatic heterocycles. The molecule has 5 rings (SSSR count). The topological polar surface area (TPSA) is 46.1 Å². The van der Waals surface area contributed by atoms with E-state index in [4.69, 9.17) is 14.5 Å². The van der Waals surface area contributed by atoms with Crippen LogP contribution in [0.5, 0.6) is 11.5 Å². The van der Waals surface area contributed by atoms with Gasteiger partial charge in [-0.1, -0.05) is 6.07 Å². The van der Waals surface area contributed by atoms with Crippen molar-refractivity contribution in [2.24, 2.45) is 10.9 Å². The molecule has 1 aromatic rings. The Morgan fingerprint density at radius 2 is 2.03 bits per heavy atom. The number of hydrogen-bond donors (Lipinski definition) is 1. The van der Waals surface area contributed by atoms with Crippen molar-refractivity contribution in [1.82, 2.24) is 10.2 Å². The predicted octanol–water partition coefficient (Wildman–Crippen LogP) is 3.41. The highest BCUT2D eigenvalue weighted by Gasteiger charge is 2.44. The van der Waals surface area contributed by atoms with Gasteiger partial charge in [-0.15, -0.1) is 0 Å². The lowest BCUT2D eigenvalue weighted by Gasteiger charge is -2.44. The second-order valence-electron chi connectivity index (χ2n) is 10.2. The first-order chi connectivity index (χ1) is 15.2. The highest BCUT2D eigenvalue weighted by atomic mass is 16.7. The second kappa shape index (κ2) is 9.47. The summed E-state index contributed by atoms with van der Waals surface area (Å²) in [6, 6.07) is 7.15. The minimum absolute atomic E-state index is 0.343. The Bertz CT molecular complexity index is 779. The number of fused-ring (bicyclic) bond motifs is 1. The van der Waals surface area contributed by atoms with Crippen molar-refractivity contribution >= 4 is 6.21 Å².